The minimum atomic E-state index is -1.59. The lowest BCUT2D eigenvalue weighted by Gasteiger charge is -2.48. The maximum absolute atomic E-state index is 13.6. The number of ether oxygens (including phenoxy) is 2. The van der Waals surface area contributed by atoms with Gasteiger partial charge in [-0.15, -0.1) is 11.3 Å². The summed E-state index contributed by atoms with van der Waals surface area (Å²) in [5.41, 5.74) is 0.432. The van der Waals surface area contributed by atoms with Gasteiger partial charge < -0.3 is 14.4 Å². The second-order valence-electron chi connectivity index (χ2n) is 8.24. The van der Waals surface area contributed by atoms with Gasteiger partial charge in [0.1, 0.15) is 17.4 Å². The number of benzene rings is 2. The molecule has 3 aromatic rings. The Labute approximate surface area is 204 Å². The molecule has 0 saturated carbocycles. The van der Waals surface area contributed by atoms with Gasteiger partial charge >= 0.3 is 5.97 Å². The number of hydrogen-bond donors (Lipinski definition) is 0. The van der Waals surface area contributed by atoms with E-state index < -0.39 is 11.6 Å². The number of esters is 1. The van der Waals surface area contributed by atoms with Crippen LogP contribution >= 0.6 is 11.3 Å². The van der Waals surface area contributed by atoms with Crippen molar-refractivity contribution in [3.8, 4) is 10.6 Å². The van der Waals surface area contributed by atoms with Gasteiger partial charge in [-0.05, 0) is 36.4 Å². The molecule has 0 bridgehead atoms. The van der Waals surface area contributed by atoms with Crippen molar-refractivity contribution < 1.29 is 28.2 Å². The van der Waals surface area contributed by atoms with Gasteiger partial charge in [-0.1, -0.05) is 12.1 Å². The Hall–Kier alpha value is -3.63. The summed E-state index contributed by atoms with van der Waals surface area (Å²) in [4.78, 5) is 47.3. The number of fused-ring (bicyclic) bond motifs is 3. The van der Waals surface area contributed by atoms with Gasteiger partial charge in [-0.3, -0.25) is 14.5 Å². The summed E-state index contributed by atoms with van der Waals surface area (Å²) in [6, 6.07) is 12.7. The van der Waals surface area contributed by atoms with Crippen LogP contribution < -0.4 is 4.90 Å². The summed E-state index contributed by atoms with van der Waals surface area (Å²) in [5.74, 6) is -1.64. The molecule has 2 amide bonds. The molecule has 0 N–H and O–H groups in total. The predicted molar refractivity (Wildman–Crippen MR) is 126 cm³/mol. The number of hydrogen-bond acceptors (Lipinski definition) is 7. The van der Waals surface area contributed by atoms with Crippen molar-refractivity contribution >= 4 is 34.8 Å². The molecule has 5 rings (SSSR count). The molecule has 10 heteroatoms. The monoisotopic (exact) mass is 495 g/mol. The average Bonchev–Trinajstić information content (AvgIpc) is 3.48. The normalized spacial score (nSPS) is 19.0. The summed E-state index contributed by atoms with van der Waals surface area (Å²) in [6.45, 7) is 0.181. The molecule has 0 aliphatic carbocycles. The molecule has 35 heavy (non-hydrogen) atoms. The van der Waals surface area contributed by atoms with Crippen molar-refractivity contribution in [2.75, 3.05) is 25.2 Å². The van der Waals surface area contributed by atoms with Crippen molar-refractivity contribution in [1.82, 2.24) is 9.88 Å². The lowest BCUT2D eigenvalue weighted by molar-refractivity contribution is -0.159. The second kappa shape index (κ2) is 9.20. The number of methoxy groups -OCH3 is 1. The molecule has 2 aromatic carbocycles. The van der Waals surface area contributed by atoms with E-state index >= 15 is 0 Å². The van der Waals surface area contributed by atoms with E-state index in [1.54, 1.807) is 41.8 Å². The molecule has 8 nitrogen and oxygen atoms in total. The molecule has 1 fully saturated rings. The first kappa shape index (κ1) is 23.1. The van der Waals surface area contributed by atoms with Crippen LogP contribution in [-0.4, -0.2) is 53.6 Å². The van der Waals surface area contributed by atoms with Crippen LogP contribution in [0.25, 0.3) is 10.6 Å². The van der Waals surface area contributed by atoms with Crippen LogP contribution in [0, 0.1) is 5.82 Å². The molecule has 1 atom stereocenters. The van der Waals surface area contributed by atoms with Crippen molar-refractivity contribution in [3.05, 3.63) is 71.0 Å². The van der Waals surface area contributed by atoms with Crippen molar-refractivity contribution in [1.29, 1.82) is 0 Å². The number of aromatic nitrogens is 1. The average molecular weight is 496 g/mol. The molecule has 1 saturated heterocycles. The number of para-hydroxylation sites is 1. The molecular formula is C25H22FN3O5S. The maximum atomic E-state index is 13.6. The minimum Gasteiger partial charge on any atom is -0.456 e. The number of nitrogens with zero attached hydrogens (tertiary/aromatic N) is 3. The summed E-state index contributed by atoms with van der Waals surface area (Å²) in [6.07, 6.45) is 0.220. The first-order valence-corrected chi connectivity index (χ1v) is 11.9. The van der Waals surface area contributed by atoms with Gasteiger partial charge in [0, 0.05) is 37.4 Å². The molecule has 180 valence electrons. The Bertz CT molecular complexity index is 1290. The van der Waals surface area contributed by atoms with Gasteiger partial charge in [-0.25, -0.2) is 14.2 Å². The van der Waals surface area contributed by atoms with Crippen LogP contribution in [0.3, 0.4) is 0 Å². The molecule has 2 aliphatic heterocycles. The molecular weight excluding hydrogens is 473 g/mol. The largest absolute Gasteiger partial charge is 0.456 e. The van der Waals surface area contributed by atoms with E-state index in [0.717, 1.165) is 5.56 Å². The molecule has 1 aromatic heterocycles. The Morgan fingerprint density at radius 2 is 1.94 bits per heavy atom. The van der Waals surface area contributed by atoms with E-state index in [4.69, 9.17) is 9.47 Å². The number of thiazole rings is 1. The highest BCUT2D eigenvalue weighted by molar-refractivity contribution is 7.13. The van der Waals surface area contributed by atoms with Crippen molar-refractivity contribution in [3.63, 3.8) is 0 Å². The molecule has 0 radical (unpaired) electrons. The highest BCUT2D eigenvalue weighted by Gasteiger charge is 2.61. The number of halogens is 1. The fraction of sp³-hybridized carbons (Fsp3) is 0.280. The molecule has 0 unspecified atom stereocenters. The third-order valence-corrected chi connectivity index (χ3v) is 7.15. The zero-order chi connectivity index (χ0) is 24.6. The number of rotatable bonds is 7. The Kier molecular flexibility index (Phi) is 6.08. The fourth-order valence-electron chi connectivity index (χ4n) is 4.59. The van der Waals surface area contributed by atoms with Gasteiger partial charge in [0.2, 0.25) is 11.6 Å². The maximum Gasteiger partial charge on any atom is 0.354 e. The minimum absolute atomic E-state index is 0.103. The SMILES string of the molecule is COCCN1C(=O)c2ccccc2N2C(=O)CC[C@@]12C(=O)OCc1csc(-c2ccc(F)cc2)n1. The van der Waals surface area contributed by atoms with Gasteiger partial charge in [0.15, 0.2) is 0 Å². The third-order valence-electron chi connectivity index (χ3n) is 6.21. The van der Waals surface area contributed by atoms with Crippen LogP contribution in [0.5, 0.6) is 0 Å². The number of carbonyl (C=O) groups excluding carboxylic acids is 3. The van der Waals surface area contributed by atoms with E-state index in [-0.39, 0.29) is 50.2 Å². The molecule has 3 heterocycles. The lowest BCUT2D eigenvalue weighted by atomic mass is 9.96. The van der Waals surface area contributed by atoms with E-state index in [2.05, 4.69) is 4.98 Å². The van der Waals surface area contributed by atoms with Crippen LogP contribution in [0.15, 0.2) is 53.9 Å². The van der Waals surface area contributed by atoms with Crippen LogP contribution in [0.2, 0.25) is 0 Å². The van der Waals surface area contributed by atoms with Gasteiger partial charge in [-0.2, -0.15) is 0 Å². The van der Waals surface area contributed by atoms with Crippen molar-refractivity contribution in [2.45, 2.75) is 25.1 Å². The van der Waals surface area contributed by atoms with Gasteiger partial charge in [0.25, 0.3) is 5.91 Å². The van der Waals surface area contributed by atoms with E-state index in [9.17, 15) is 18.8 Å². The molecule has 0 spiro atoms. The summed E-state index contributed by atoms with van der Waals surface area (Å²) >= 11 is 1.35. The highest BCUT2D eigenvalue weighted by Crippen LogP contribution is 2.45. The van der Waals surface area contributed by atoms with E-state index in [1.165, 1.54) is 40.4 Å². The van der Waals surface area contributed by atoms with Crippen LogP contribution in [0.4, 0.5) is 10.1 Å². The standard InChI is InChI=1S/C25H22FN3O5S/c1-33-13-12-28-23(31)19-4-2-3-5-20(19)29-21(30)10-11-25(28,29)24(32)34-14-18-15-35-22(27-18)16-6-8-17(26)9-7-16/h2-9,15H,10-14H2,1H3/t25-/m1/s1. The van der Waals surface area contributed by atoms with Crippen LogP contribution in [0.1, 0.15) is 28.9 Å². The number of carbonyl (C=O) groups is 3. The topological polar surface area (TPSA) is 89.0 Å². The zero-order valence-electron chi connectivity index (χ0n) is 18.9. The van der Waals surface area contributed by atoms with Crippen molar-refractivity contribution in [2.24, 2.45) is 0 Å². The first-order chi connectivity index (χ1) is 17.0. The summed E-state index contributed by atoms with van der Waals surface area (Å²) in [5, 5.41) is 2.42. The first-order valence-electron chi connectivity index (χ1n) is 11.1. The fourth-order valence-corrected chi connectivity index (χ4v) is 5.40. The Morgan fingerprint density at radius 3 is 2.71 bits per heavy atom. The predicted octanol–water partition coefficient (Wildman–Crippen LogP) is 3.62. The third kappa shape index (κ3) is 3.88. The second-order valence-corrected chi connectivity index (χ2v) is 9.10. The Morgan fingerprint density at radius 1 is 1.17 bits per heavy atom. The summed E-state index contributed by atoms with van der Waals surface area (Å²) < 4.78 is 24.1. The molecule has 2 aliphatic rings. The number of amides is 2. The smallest absolute Gasteiger partial charge is 0.354 e. The summed E-state index contributed by atoms with van der Waals surface area (Å²) in [7, 11) is 1.51. The Balaban J connectivity index is 1.43. The zero-order valence-corrected chi connectivity index (χ0v) is 19.7. The lowest BCUT2D eigenvalue weighted by Crippen LogP contribution is -2.68. The van der Waals surface area contributed by atoms with E-state index in [0.29, 0.717) is 22.0 Å². The number of anilines is 1. The highest BCUT2D eigenvalue weighted by atomic mass is 32.1. The van der Waals surface area contributed by atoms with E-state index in [1.807, 2.05) is 0 Å². The quantitative estimate of drug-likeness (QED) is 0.465. The van der Waals surface area contributed by atoms with Gasteiger partial charge in [0.05, 0.1) is 23.6 Å². The van der Waals surface area contributed by atoms with Crippen LogP contribution in [-0.2, 0) is 25.7 Å².